The molecule has 2 atom stereocenters. The molecule has 0 aliphatic carbocycles. The van der Waals surface area contributed by atoms with Gasteiger partial charge in [0.25, 0.3) is 0 Å². The van der Waals surface area contributed by atoms with E-state index in [2.05, 4.69) is 44.8 Å². The third-order valence-electron chi connectivity index (χ3n) is 2.72. The first-order valence-electron chi connectivity index (χ1n) is 4.99. The van der Waals surface area contributed by atoms with E-state index in [9.17, 15) is 0 Å². The van der Waals surface area contributed by atoms with Crippen molar-refractivity contribution in [3.05, 3.63) is 0 Å². The fourth-order valence-corrected chi connectivity index (χ4v) is 1.81. The molecule has 2 nitrogen and oxygen atoms in total. The molecule has 74 valence electrons. The molecule has 0 bridgehead atoms. The number of rotatable bonds is 1. The topological polar surface area (TPSA) is 24.7 Å². The van der Waals surface area contributed by atoms with E-state index in [1.807, 2.05) is 12.4 Å². The average molecular weight is 180 g/mol. The van der Waals surface area contributed by atoms with Crippen molar-refractivity contribution in [3.8, 4) is 0 Å². The lowest BCUT2D eigenvalue weighted by Gasteiger charge is -2.35. The Morgan fingerprint density at radius 3 is 2.00 bits per heavy atom. The Labute approximate surface area is 81.1 Å². The van der Waals surface area contributed by atoms with Gasteiger partial charge < -0.3 is 0 Å². The summed E-state index contributed by atoms with van der Waals surface area (Å²) in [5, 5.41) is 7.99. The Balaban J connectivity index is 2.83. The monoisotopic (exact) mass is 180 g/mol. The predicted molar refractivity (Wildman–Crippen MR) is 58.3 cm³/mol. The van der Waals surface area contributed by atoms with Gasteiger partial charge in [-0.05, 0) is 11.3 Å². The largest absolute Gasteiger partial charge is 0.164 e. The van der Waals surface area contributed by atoms with Gasteiger partial charge in [0.05, 0.1) is 0 Å². The van der Waals surface area contributed by atoms with E-state index in [4.69, 9.17) is 0 Å². The molecule has 1 heterocycles. The van der Waals surface area contributed by atoms with Crippen molar-refractivity contribution in [1.29, 1.82) is 0 Å². The highest BCUT2D eigenvalue weighted by molar-refractivity contribution is 5.75. The van der Waals surface area contributed by atoms with Crippen molar-refractivity contribution in [3.63, 3.8) is 0 Å². The summed E-state index contributed by atoms with van der Waals surface area (Å²) < 4.78 is 0. The van der Waals surface area contributed by atoms with Crippen LogP contribution in [0.1, 0.15) is 34.6 Å². The van der Waals surface area contributed by atoms with Gasteiger partial charge in [0, 0.05) is 24.3 Å². The van der Waals surface area contributed by atoms with Gasteiger partial charge in [0.15, 0.2) is 0 Å². The molecular formula is C11H20N2. The summed E-state index contributed by atoms with van der Waals surface area (Å²) in [5.41, 5.74) is 0.283. The normalized spacial score (nSPS) is 28.5. The fourth-order valence-electron chi connectivity index (χ4n) is 1.81. The lowest BCUT2D eigenvalue weighted by molar-refractivity contribution is 0.236. The van der Waals surface area contributed by atoms with Crippen LogP contribution in [0.4, 0.5) is 0 Å². The lowest BCUT2D eigenvalue weighted by Crippen LogP contribution is -2.34. The van der Waals surface area contributed by atoms with Gasteiger partial charge in [-0.3, -0.25) is 0 Å². The molecule has 0 aromatic rings. The highest BCUT2D eigenvalue weighted by Gasteiger charge is 2.33. The van der Waals surface area contributed by atoms with Crippen LogP contribution in [-0.2, 0) is 0 Å². The molecule has 1 rings (SSSR count). The quantitative estimate of drug-likeness (QED) is 0.592. The summed E-state index contributed by atoms with van der Waals surface area (Å²) in [6.07, 6.45) is 4.01. The van der Waals surface area contributed by atoms with Gasteiger partial charge in [-0.15, -0.1) is 0 Å². The summed E-state index contributed by atoms with van der Waals surface area (Å²) >= 11 is 0. The average Bonchev–Trinajstić information content (AvgIpc) is 2.03. The Morgan fingerprint density at radius 2 is 1.62 bits per heavy atom. The minimum atomic E-state index is 0.283. The van der Waals surface area contributed by atoms with Crippen molar-refractivity contribution >= 4 is 12.4 Å². The molecule has 0 amide bonds. The van der Waals surface area contributed by atoms with Crippen molar-refractivity contribution in [2.45, 2.75) is 34.6 Å². The maximum absolute atomic E-state index is 4.00. The van der Waals surface area contributed by atoms with Crippen molar-refractivity contribution < 1.29 is 0 Å². The molecule has 0 saturated heterocycles. The summed E-state index contributed by atoms with van der Waals surface area (Å²) in [5.74, 6) is 1.70. The molecule has 0 N–H and O–H groups in total. The van der Waals surface area contributed by atoms with E-state index < -0.39 is 0 Å². The van der Waals surface area contributed by atoms with E-state index in [0.29, 0.717) is 17.8 Å². The molecule has 1 aliphatic heterocycles. The predicted octanol–water partition coefficient (Wildman–Crippen LogP) is 2.99. The highest BCUT2D eigenvalue weighted by Crippen LogP contribution is 2.34. The minimum absolute atomic E-state index is 0.283. The van der Waals surface area contributed by atoms with E-state index in [1.54, 1.807) is 0 Å². The van der Waals surface area contributed by atoms with E-state index in [1.165, 1.54) is 0 Å². The van der Waals surface area contributed by atoms with E-state index in [-0.39, 0.29) is 5.41 Å². The zero-order valence-electron chi connectivity index (χ0n) is 9.28. The summed E-state index contributed by atoms with van der Waals surface area (Å²) in [7, 11) is 0. The third-order valence-corrected chi connectivity index (χ3v) is 2.72. The number of hydrogen-bond acceptors (Lipinski definition) is 2. The van der Waals surface area contributed by atoms with Gasteiger partial charge in [-0.2, -0.15) is 10.2 Å². The van der Waals surface area contributed by atoms with Gasteiger partial charge in [-0.1, -0.05) is 34.6 Å². The molecule has 0 radical (unpaired) electrons. The van der Waals surface area contributed by atoms with Crippen LogP contribution in [0.5, 0.6) is 0 Å². The first-order valence-corrected chi connectivity index (χ1v) is 4.99. The molecule has 13 heavy (non-hydrogen) atoms. The molecular weight excluding hydrogens is 160 g/mol. The first kappa shape index (κ1) is 10.4. The zero-order chi connectivity index (χ0) is 10.1. The molecule has 2 unspecified atom stereocenters. The first-order chi connectivity index (χ1) is 5.93. The molecule has 0 aromatic carbocycles. The van der Waals surface area contributed by atoms with E-state index in [0.717, 1.165) is 0 Å². The van der Waals surface area contributed by atoms with Gasteiger partial charge in [-0.25, -0.2) is 0 Å². The third kappa shape index (κ3) is 2.39. The van der Waals surface area contributed by atoms with E-state index >= 15 is 0 Å². The molecule has 0 saturated carbocycles. The summed E-state index contributed by atoms with van der Waals surface area (Å²) in [6.45, 7) is 11.3. The standard InChI is InChI=1S/C11H20N2/c1-8(2)9-6-12-13-7-10(9)11(3,4)5/h6-10H,1-5H3. The SMILES string of the molecule is CC(C)C1C=NN=CC1C(C)(C)C. The minimum Gasteiger partial charge on any atom is -0.164 e. The Kier molecular flexibility index (Phi) is 2.89. The number of nitrogens with zero attached hydrogens (tertiary/aromatic N) is 2. The number of hydrogen-bond donors (Lipinski definition) is 0. The summed E-state index contributed by atoms with van der Waals surface area (Å²) in [4.78, 5) is 0. The Bertz CT molecular complexity index is 221. The molecule has 0 fully saturated rings. The van der Waals surface area contributed by atoms with Crippen molar-refractivity contribution in [2.24, 2.45) is 33.4 Å². The Morgan fingerprint density at radius 1 is 1.08 bits per heavy atom. The maximum Gasteiger partial charge on any atom is 0.0312 e. The zero-order valence-corrected chi connectivity index (χ0v) is 9.28. The fraction of sp³-hybridized carbons (Fsp3) is 0.818. The van der Waals surface area contributed by atoms with Crippen LogP contribution in [0.15, 0.2) is 10.2 Å². The lowest BCUT2D eigenvalue weighted by atomic mass is 9.70. The van der Waals surface area contributed by atoms with Gasteiger partial charge in [0.1, 0.15) is 0 Å². The van der Waals surface area contributed by atoms with Crippen LogP contribution in [0.2, 0.25) is 0 Å². The Hall–Kier alpha value is -0.660. The van der Waals surface area contributed by atoms with Crippen LogP contribution in [0.3, 0.4) is 0 Å². The van der Waals surface area contributed by atoms with Crippen LogP contribution in [0, 0.1) is 23.2 Å². The van der Waals surface area contributed by atoms with Crippen LogP contribution < -0.4 is 0 Å². The maximum atomic E-state index is 4.00. The molecule has 0 spiro atoms. The second kappa shape index (κ2) is 3.60. The van der Waals surface area contributed by atoms with Crippen LogP contribution in [-0.4, -0.2) is 12.4 Å². The molecule has 2 heteroatoms. The van der Waals surface area contributed by atoms with Crippen molar-refractivity contribution in [1.82, 2.24) is 0 Å². The van der Waals surface area contributed by atoms with Gasteiger partial charge in [0.2, 0.25) is 0 Å². The van der Waals surface area contributed by atoms with Crippen molar-refractivity contribution in [2.75, 3.05) is 0 Å². The molecule has 0 aromatic heterocycles. The second-order valence-electron chi connectivity index (χ2n) is 5.24. The second-order valence-corrected chi connectivity index (χ2v) is 5.24. The van der Waals surface area contributed by atoms with Crippen LogP contribution in [0.25, 0.3) is 0 Å². The van der Waals surface area contributed by atoms with Gasteiger partial charge >= 0.3 is 0 Å². The smallest absolute Gasteiger partial charge is 0.0312 e. The molecule has 1 aliphatic rings. The highest BCUT2D eigenvalue weighted by atomic mass is 15.2. The van der Waals surface area contributed by atoms with Crippen LogP contribution >= 0.6 is 0 Å². The summed E-state index contributed by atoms with van der Waals surface area (Å²) in [6, 6.07) is 0.